The molecule has 0 spiro atoms. The summed E-state index contributed by atoms with van der Waals surface area (Å²) < 4.78 is 1.90. The minimum Gasteiger partial charge on any atom is -0.343 e. The second-order valence-corrected chi connectivity index (χ2v) is 6.68. The zero-order chi connectivity index (χ0) is 15.2. The van der Waals surface area contributed by atoms with Gasteiger partial charge in [-0.2, -0.15) is 5.10 Å². The van der Waals surface area contributed by atoms with E-state index in [1.54, 1.807) is 6.20 Å². The molecule has 1 aromatic heterocycles. The topological polar surface area (TPSA) is 50.2 Å². The number of amides is 1. The van der Waals surface area contributed by atoms with Gasteiger partial charge < -0.3 is 10.2 Å². The molecule has 1 amide bonds. The maximum Gasteiger partial charge on any atom is 0.222 e. The average molecular weight is 341 g/mol. The van der Waals surface area contributed by atoms with Crippen molar-refractivity contribution in [1.82, 2.24) is 20.0 Å². The van der Waals surface area contributed by atoms with Gasteiger partial charge in [-0.15, -0.1) is 12.4 Å². The van der Waals surface area contributed by atoms with Crippen LogP contribution in [0.25, 0.3) is 0 Å². The lowest BCUT2D eigenvalue weighted by Crippen LogP contribution is -2.42. The summed E-state index contributed by atoms with van der Waals surface area (Å²) in [6.07, 6.45) is 10.3. The van der Waals surface area contributed by atoms with Gasteiger partial charge >= 0.3 is 0 Å². The van der Waals surface area contributed by atoms with E-state index in [0.29, 0.717) is 12.3 Å². The van der Waals surface area contributed by atoms with Crippen molar-refractivity contribution >= 4 is 18.3 Å². The number of likely N-dealkylation sites (tertiary alicyclic amines) is 1. The number of nitrogens with zero attached hydrogens (tertiary/aromatic N) is 3. The number of aromatic nitrogens is 2. The van der Waals surface area contributed by atoms with Gasteiger partial charge in [-0.3, -0.25) is 9.48 Å². The van der Waals surface area contributed by atoms with Crippen LogP contribution in [0, 0.1) is 11.8 Å². The Morgan fingerprint density at radius 2 is 1.83 bits per heavy atom. The van der Waals surface area contributed by atoms with Gasteiger partial charge in [0.05, 0.1) is 0 Å². The van der Waals surface area contributed by atoms with Crippen molar-refractivity contribution in [3.63, 3.8) is 0 Å². The number of carbonyl (C=O) groups is 1. The summed E-state index contributed by atoms with van der Waals surface area (Å²) in [6, 6.07) is 1.92. The zero-order valence-corrected chi connectivity index (χ0v) is 14.6. The highest BCUT2D eigenvalue weighted by atomic mass is 35.5. The molecule has 0 radical (unpaired) electrons. The smallest absolute Gasteiger partial charge is 0.222 e. The van der Waals surface area contributed by atoms with E-state index in [9.17, 15) is 4.79 Å². The van der Waals surface area contributed by atoms with Crippen LogP contribution in [0.4, 0.5) is 0 Å². The number of aryl methyl sites for hydroxylation is 1. The van der Waals surface area contributed by atoms with E-state index in [1.807, 2.05) is 16.9 Å². The van der Waals surface area contributed by atoms with Gasteiger partial charge in [-0.05, 0) is 63.1 Å². The highest BCUT2D eigenvalue weighted by Crippen LogP contribution is 2.30. The Morgan fingerprint density at radius 3 is 2.48 bits per heavy atom. The molecule has 130 valence electrons. The molecule has 1 N–H and O–H groups in total. The van der Waals surface area contributed by atoms with Crippen LogP contribution in [0.1, 0.15) is 38.5 Å². The van der Waals surface area contributed by atoms with Crippen molar-refractivity contribution in [2.75, 3.05) is 26.2 Å². The first-order chi connectivity index (χ1) is 10.8. The lowest BCUT2D eigenvalue weighted by molar-refractivity contribution is -0.133. The molecule has 3 rings (SSSR count). The highest BCUT2D eigenvalue weighted by Gasteiger charge is 2.28. The normalized spacial score (nSPS) is 20.3. The van der Waals surface area contributed by atoms with Gasteiger partial charge in [0.15, 0.2) is 0 Å². The van der Waals surface area contributed by atoms with E-state index in [4.69, 9.17) is 0 Å². The van der Waals surface area contributed by atoms with Crippen LogP contribution in [0.15, 0.2) is 18.5 Å². The number of hydrogen-bond donors (Lipinski definition) is 1. The Hall–Kier alpha value is -1.07. The molecular formula is C17H29ClN4O. The summed E-state index contributed by atoms with van der Waals surface area (Å²) in [4.78, 5) is 14.4. The molecular weight excluding hydrogens is 312 g/mol. The minimum atomic E-state index is 0. The molecule has 0 saturated carbocycles. The van der Waals surface area contributed by atoms with Crippen LogP contribution in [-0.4, -0.2) is 46.8 Å². The lowest BCUT2D eigenvalue weighted by Gasteiger charge is -2.37. The molecule has 2 saturated heterocycles. The van der Waals surface area contributed by atoms with Crippen LogP contribution >= 0.6 is 12.4 Å². The average Bonchev–Trinajstić information content (AvgIpc) is 3.09. The lowest BCUT2D eigenvalue weighted by atomic mass is 9.79. The maximum absolute atomic E-state index is 12.3. The monoisotopic (exact) mass is 340 g/mol. The molecule has 2 aliphatic rings. The van der Waals surface area contributed by atoms with E-state index in [0.717, 1.165) is 37.9 Å². The summed E-state index contributed by atoms with van der Waals surface area (Å²) in [5.41, 5.74) is 0. The number of carbonyl (C=O) groups excluding carboxylic acids is 1. The second-order valence-electron chi connectivity index (χ2n) is 6.68. The fourth-order valence-corrected chi connectivity index (χ4v) is 3.92. The largest absolute Gasteiger partial charge is 0.343 e. The first-order valence-corrected chi connectivity index (χ1v) is 8.79. The Kier molecular flexibility index (Phi) is 7.37. The Labute approximate surface area is 145 Å². The molecule has 1 aromatic rings. The summed E-state index contributed by atoms with van der Waals surface area (Å²) in [6.45, 7) is 5.13. The van der Waals surface area contributed by atoms with Crippen molar-refractivity contribution in [2.45, 2.75) is 45.1 Å². The van der Waals surface area contributed by atoms with Crippen LogP contribution < -0.4 is 5.32 Å². The molecule has 2 fully saturated rings. The molecule has 23 heavy (non-hydrogen) atoms. The molecule has 5 nitrogen and oxygen atoms in total. The number of halogens is 1. The number of piperidine rings is 2. The van der Waals surface area contributed by atoms with E-state index < -0.39 is 0 Å². The maximum atomic E-state index is 12.3. The summed E-state index contributed by atoms with van der Waals surface area (Å²) in [5, 5.41) is 7.62. The van der Waals surface area contributed by atoms with Gasteiger partial charge in [0.2, 0.25) is 5.91 Å². The SMILES string of the molecule is Cl.O=C(CCCn1cccn1)N1CCC(C2CCNCC2)CC1. The Balaban J connectivity index is 0.00000192. The van der Waals surface area contributed by atoms with Gasteiger partial charge in [0, 0.05) is 38.4 Å². The van der Waals surface area contributed by atoms with Crippen molar-refractivity contribution in [2.24, 2.45) is 11.8 Å². The third-order valence-corrected chi connectivity index (χ3v) is 5.28. The van der Waals surface area contributed by atoms with E-state index >= 15 is 0 Å². The van der Waals surface area contributed by atoms with Crippen molar-refractivity contribution in [3.05, 3.63) is 18.5 Å². The molecule has 2 aliphatic heterocycles. The highest BCUT2D eigenvalue weighted by molar-refractivity contribution is 5.85. The predicted molar refractivity (Wildman–Crippen MR) is 93.6 cm³/mol. The van der Waals surface area contributed by atoms with Crippen LogP contribution in [0.3, 0.4) is 0 Å². The van der Waals surface area contributed by atoms with Gasteiger partial charge in [0.1, 0.15) is 0 Å². The first kappa shape index (κ1) is 18.3. The summed E-state index contributed by atoms with van der Waals surface area (Å²) in [7, 11) is 0. The number of rotatable bonds is 5. The van der Waals surface area contributed by atoms with Crippen LogP contribution in [0.2, 0.25) is 0 Å². The van der Waals surface area contributed by atoms with Crippen molar-refractivity contribution < 1.29 is 4.79 Å². The van der Waals surface area contributed by atoms with E-state index in [2.05, 4.69) is 15.3 Å². The molecule has 0 unspecified atom stereocenters. The molecule has 6 heteroatoms. The number of hydrogen-bond acceptors (Lipinski definition) is 3. The first-order valence-electron chi connectivity index (χ1n) is 8.79. The van der Waals surface area contributed by atoms with Crippen LogP contribution in [0.5, 0.6) is 0 Å². The predicted octanol–water partition coefficient (Wildman–Crippen LogP) is 2.32. The Bertz CT molecular complexity index is 451. The molecule has 0 aromatic carbocycles. The van der Waals surface area contributed by atoms with Gasteiger partial charge in [-0.1, -0.05) is 0 Å². The van der Waals surface area contributed by atoms with Crippen molar-refractivity contribution in [1.29, 1.82) is 0 Å². The summed E-state index contributed by atoms with van der Waals surface area (Å²) >= 11 is 0. The third-order valence-electron chi connectivity index (χ3n) is 5.28. The minimum absolute atomic E-state index is 0. The summed E-state index contributed by atoms with van der Waals surface area (Å²) in [5.74, 6) is 2.06. The fourth-order valence-electron chi connectivity index (χ4n) is 3.92. The molecule has 0 aliphatic carbocycles. The van der Waals surface area contributed by atoms with E-state index in [1.165, 1.54) is 38.8 Å². The third kappa shape index (κ3) is 5.21. The standard InChI is InChI=1S/C17H28N4O.ClH/c22-17(3-1-11-21-12-2-8-19-21)20-13-6-16(7-14-20)15-4-9-18-10-5-15;/h2,8,12,15-16,18H,1,3-7,9-11,13-14H2;1H. The molecule has 0 bridgehead atoms. The quantitative estimate of drug-likeness (QED) is 0.895. The fraction of sp³-hybridized carbons (Fsp3) is 0.765. The van der Waals surface area contributed by atoms with E-state index in [-0.39, 0.29) is 12.4 Å². The molecule has 0 atom stereocenters. The second kappa shape index (κ2) is 9.28. The molecule has 3 heterocycles. The zero-order valence-electron chi connectivity index (χ0n) is 13.8. The van der Waals surface area contributed by atoms with Gasteiger partial charge in [-0.25, -0.2) is 0 Å². The Morgan fingerprint density at radius 1 is 1.13 bits per heavy atom. The number of nitrogens with one attached hydrogen (secondary N) is 1. The van der Waals surface area contributed by atoms with Crippen LogP contribution in [-0.2, 0) is 11.3 Å². The van der Waals surface area contributed by atoms with Gasteiger partial charge in [0.25, 0.3) is 0 Å². The van der Waals surface area contributed by atoms with Crippen molar-refractivity contribution in [3.8, 4) is 0 Å².